The van der Waals surface area contributed by atoms with Gasteiger partial charge < -0.3 is 9.47 Å². The Bertz CT molecular complexity index is 896. The fourth-order valence-electron chi connectivity index (χ4n) is 3.06. The minimum absolute atomic E-state index is 0.0287. The van der Waals surface area contributed by atoms with Gasteiger partial charge in [0.05, 0.1) is 16.8 Å². The summed E-state index contributed by atoms with van der Waals surface area (Å²) < 4.78 is 38.6. The molecule has 1 saturated heterocycles. The number of fused-ring (bicyclic) bond motifs is 3. The Labute approximate surface area is 141 Å². The van der Waals surface area contributed by atoms with E-state index in [4.69, 9.17) is 9.47 Å². The molecule has 0 amide bonds. The van der Waals surface area contributed by atoms with E-state index in [-0.39, 0.29) is 17.1 Å². The molecule has 1 aromatic heterocycles. The van der Waals surface area contributed by atoms with Crippen molar-refractivity contribution >= 4 is 15.7 Å². The van der Waals surface area contributed by atoms with Crippen LogP contribution in [0.15, 0.2) is 47.6 Å². The number of epoxide rings is 1. The molecule has 0 radical (unpaired) electrons. The van der Waals surface area contributed by atoms with Crippen LogP contribution < -0.4 is 9.04 Å². The van der Waals surface area contributed by atoms with Crippen molar-refractivity contribution in [2.24, 2.45) is 0 Å². The molecule has 2 aliphatic rings. The molecule has 2 aliphatic heterocycles. The van der Waals surface area contributed by atoms with Gasteiger partial charge in [0.15, 0.2) is 0 Å². The molecular weight excluding hydrogens is 328 g/mol. The highest BCUT2D eigenvalue weighted by Gasteiger charge is 2.56. The minimum atomic E-state index is -3.68. The second-order valence-electron chi connectivity index (χ2n) is 6.57. The first kappa shape index (κ1) is 15.4. The summed E-state index contributed by atoms with van der Waals surface area (Å²) >= 11 is 0. The fourth-order valence-corrected chi connectivity index (χ4v) is 4.28. The number of aromatic nitrogens is 1. The summed E-state index contributed by atoms with van der Waals surface area (Å²) in [7, 11) is -2.16. The summed E-state index contributed by atoms with van der Waals surface area (Å²) in [6.07, 6.45) is 3.00. The third kappa shape index (κ3) is 2.27. The first-order valence-corrected chi connectivity index (χ1v) is 9.12. The van der Waals surface area contributed by atoms with Crippen molar-refractivity contribution in [2.75, 3.05) is 11.4 Å². The second-order valence-corrected chi connectivity index (χ2v) is 8.54. The van der Waals surface area contributed by atoms with E-state index in [0.29, 0.717) is 11.4 Å². The number of hydrogen-bond donors (Lipinski definition) is 0. The quantitative estimate of drug-likeness (QED) is 0.799. The molecule has 0 saturated carbocycles. The van der Waals surface area contributed by atoms with Crippen LogP contribution in [0.4, 0.5) is 5.69 Å². The Morgan fingerprint density at radius 1 is 1.25 bits per heavy atom. The van der Waals surface area contributed by atoms with Gasteiger partial charge in [0, 0.05) is 18.8 Å². The van der Waals surface area contributed by atoms with Crippen molar-refractivity contribution in [3.63, 3.8) is 0 Å². The summed E-state index contributed by atoms with van der Waals surface area (Å²) in [6.45, 7) is 3.95. The van der Waals surface area contributed by atoms with Crippen LogP contribution in [0, 0.1) is 0 Å². The van der Waals surface area contributed by atoms with E-state index in [2.05, 4.69) is 4.98 Å². The molecule has 24 heavy (non-hydrogen) atoms. The lowest BCUT2D eigenvalue weighted by atomic mass is 9.94. The molecule has 2 aromatic rings. The maximum Gasteiger partial charge on any atom is 0.264 e. The van der Waals surface area contributed by atoms with Crippen molar-refractivity contribution < 1.29 is 17.9 Å². The second kappa shape index (κ2) is 4.94. The van der Waals surface area contributed by atoms with Crippen LogP contribution in [0.25, 0.3) is 0 Å². The number of benzene rings is 1. The number of nitrogens with zero attached hydrogens (tertiary/aromatic N) is 2. The number of ether oxygens (including phenoxy) is 2. The normalized spacial score (nSPS) is 23.6. The van der Waals surface area contributed by atoms with Crippen LogP contribution in [-0.2, 0) is 14.8 Å². The molecule has 2 atom stereocenters. The van der Waals surface area contributed by atoms with Gasteiger partial charge in [-0.15, -0.1) is 0 Å². The molecule has 0 N–H and O–H groups in total. The molecule has 7 heteroatoms. The molecular formula is C17H18N2O4S. The van der Waals surface area contributed by atoms with Gasteiger partial charge in [-0.3, -0.25) is 9.29 Å². The Kier molecular flexibility index (Phi) is 3.17. The van der Waals surface area contributed by atoms with E-state index in [1.807, 2.05) is 13.8 Å². The molecule has 0 spiro atoms. The van der Waals surface area contributed by atoms with Crippen LogP contribution in [0.2, 0.25) is 0 Å². The summed E-state index contributed by atoms with van der Waals surface area (Å²) in [5.74, 6) is 0.682. The van der Waals surface area contributed by atoms with E-state index in [9.17, 15) is 8.42 Å². The molecule has 1 fully saturated rings. The van der Waals surface area contributed by atoms with E-state index in [1.165, 1.54) is 17.5 Å². The van der Waals surface area contributed by atoms with Gasteiger partial charge in [0.1, 0.15) is 23.6 Å². The van der Waals surface area contributed by atoms with Crippen LogP contribution in [0.5, 0.6) is 5.75 Å². The van der Waals surface area contributed by atoms with Gasteiger partial charge in [0.25, 0.3) is 10.0 Å². The van der Waals surface area contributed by atoms with Crippen LogP contribution in [-0.4, -0.2) is 32.2 Å². The monoisotopic (exact) mass is 346 g/mol. The van der Waals surface area contributed by atoms with E-state index >= 15 is 0 Å². The Morgan fingerprint density at radius 2 is 2.04 bits per heavy atom. The predicted octanol–water partition coefficient (Wildman–Crippen LogP) is 2.52. The average Bonchev–Trinajstić information content (AvgIpc) is 3.36. The molecule has 4 rings (SSSR count). The number of rotatable bonds is 3. The number of sulfonamides is 1. The Hall–Kier alpha value is -2.12. The van der Waals surface area contributed by atoms with E-state index in [0.717, 1.165) is 5.56 Å². The summed E-state index contributed by atoms with van der Waals surface area (Å²) in [5.41, 5.74) is 0.901. The molecule has 6 nitrogen and oxygen atoms in total. The number of pyridine rings is 1. The smallest absolute Gasteiger partial charge is 0.264 e. The minimum Gasteiger partial charge on any atom is -0.485 e. The van der Waals surface area contributed by atoms with E-state index < -0.39 is 15.6 Å². The Balaban J connectivity index is 1.72. The highest BCUT2D eigenvalue weighted by atomic mass is 32.2. The fraction of sp³-hybridized carbons (Fsp3) is 0.353. The lowest BCUT2D eigenvalue weighted by molar-refractivity contribution is 0.0724. The van der Waals surface area contributed by atoms with Gasteiger partial charge in [-0.05, 0) is 44.2 Å². The average molecular weight is 346 g/mol. The first-order chi connectivity index (χ1) is 11.3. The Morgan fingerprint density at radius 3 is 2.75 bits per heavy atom. The number of hydrogen-bond acceptors (Lipinski definition) is 5. The van der Waals surface area contributed by atoms with E-state index in [1.54, 1.807) is 36.5 Å². The molecule has 126 valence electrons. The van der Waals surface area contributed by atoms with Crippen molar-refractivity contribution in [3.8, 4) is 5.75 Å². The standard InChI is InChI=1S/C17H18N2O4S/c1-17(2)16-15(22-16)13-9-12(6-7-14(13)23-17)24(20,21)19(3)11-5-4-8-18-10-11/h4-10,15-16H,1-3H3. The van der Waals surface area contributed by atoms with Crippen LogP contribution >= 0.6 is 0 Å². The zero-order valence-corrected chi connectivity index (χ0v) is 14.4. The van der Waals surface area contributed by atoms with Gasteiger partial charge in [-0.1, -0.05) is 0 Å². The summed E-state index contributed by atoms with van der Waals surface area (Å²) in [4.78, 5) is 4.18. The van der Waals surface area contributed by atoms with Gasteiger partial charge in [-0.2, -0.15) is 0 Å². The summed E-state index contributed by atoms with van der Waals surface area (Å²) in [6, 6.07) is 8.33. The van der Waals surface area contributed by atoms with Crippen molar-refractivity contribution in [1.82, 2.24) is 4.98 Å². The van der Waals surface area contributed by atoms with Crippen molar-refractivity contribution in [2.45, 2.75) is 36.6 Å². The lowest BCUT2D eigenvalue weighted by Crippen LogP contribution is -2.37. The zero-order chi connectivity index (χ0) is 17.1. The zero-order valence-electron chi connectivity index (χ0n) is 13.6. The molecule has 2 unspecified atom stereocenters. The van der Waals surface area contributed by atoms with Gasteiger partial charge >= 0.3 is 0 Å². The largest absolute Gasteiger partial charge is 0.485 e. The molecule has 0 aliphatic carbocycles. The van der Waals surface area contributed by atoms with Crippen LogP contribution in [0.3, 0.4) is 0 Å². The maximum atomic E-state index is 12.9. The predicted molar refractivity (Wildman–Crippen MR) is 88.6 cm³/mol. The van der Waals surface area contributed by atoms with Crippen LogP contribution in [0.1, 0.15) is 25.5 Å². The molecule has 3 heterocycles. The SMILES string of the molecule is CN(c1cccnc1)S(=O)(=O)c1ccc2c(c1)C1OC1C(C)(C)O2. The number of anilines is 1. The van der Waals surface area contributed by atoms with Gasteiger partial charge in [-0.25, -0.2) is 8.42 Å². The van der Waals surface area contributed by atoms with Gasteiger partial charge in [0.2, 0.25) is 0 Å². The highest BCUT2D eigenvalue weighted by molar-refractivity contribution is 7.92. The third-order valence-electron chi connectivity index (χ3n) is 4.51. The highest BCUT2D eigenvalue weighted by Crippen LogP contribution is 2.54. The molecule has 1 aromatic carbocycles. The maximum absolute atomic E-state index is 12.9. The van der Waals surface area contributed by atoms with Crippen molar-refractivity contribution in [3.05, 3.63) is 48.3 Å². The summed E-state index contributed by atoms with van der Waals surface area (Å²) in [5, 5.41) is 0. The lowest BCUT2D eigenvalue weighted by Gasteiger charge is -2.30. The molecule has 0 bridgehead atoms. The topological polar surface area (TPSA) is 72.0 Å². The first-order valence-electron chi connectivity index (χ1n) is 7.68. The van der Waals surface area contributed by atoms with Crippen molar-refractivity contribution in [1.29, 1.82) is 0 Å². The third-order valence-corrected chi connectivity index (χ3v) is 6.29.